The third-order valence-corrected chi connectivity index (χ3v) is 1.83. The van der Waals surface area contributed by atoms with Crippen molar-refractivity contribution >= 4 is 12.8 Å². The first-order valence-corrected chi connectivity index (χ1v) is 4.85. The minimum Gasteiger partial charge on any atom is -0.297 e. The third-order valence-electron chi connectivity index (χ3n) is 1.58. The second kappa shape index (κ2) is 5.79. The molecule has 1 aliphatic rings. The Balaban J connectivity index is 2.33. The molecular weight excluding hydrogens is 190 g/mol. The van der Waals surface area contributed by atoms with Crippen LogP contribution in [0.4, 0.5) is 0 Å². The normalized spacial score (nSPS) is 22.4. The molecule has 1 aliphatic heterocycles. The number of hydrogen-bond donors (Lipinski definition) is 1. The summed E-state index contributed by atoms with van der Waals surface area (Å²) in [5.41, 5.74) is 0. The molecule has 0 aromatic heterocycles. The molecule has 0 aliphatic carbocycles. The molecule has 0 bridgehead atoms. The molecule has 78 valence electrons. The second-order valence-electron chi connectivity index (χ2n) is 2.73. The van der Waals surface area contributed by atoms with Crippen LogP contribution in [0.3, 0.4) is 0 Å². The molecule has 1 saturated heterocycles. The SMILES string of the molecule is CCON1CN(S)CN(OCC)C1. The number of rotatable bonds is 4. The van der Waals surface area contributed by atoms with Gasteiger partial charge < -0.3 is 0 Å². The molecule has 0 amide bonds. The first-order valence-electron chi connectivity index (χ1n) is 4.45. The maximum absolute atomic E-state index is 5.35. The number of nitrogens with zero attached hydrogens (tertiary/aromatic N) is 3. The summed E-state index contributed by atoms with van der Waals surface area (Å²) in [7, 11) is 0. The van der Waals surface area contributed by atoms with E-state index >= 15 is 0 Å². The second-order valence-corrected chi connectivity index (χ2v) is 3.30. The Kier molecular flexibility index (Phi) is 5.00. The molecule has 13 heavy (non-hydrogen) atoms. The van der Waals surface area contributed by atoms with E-state index in [-0.39, 0.29) is 0 Å². The van der Waals surface area contributed by atoms with Crippen molar-refractivity contribution in [2.45, 2.75) is 13.8 Å². The van der Waals surface area contributed by atoms with Crippen LogP contribution < -0.4 is 0 Å². The van der Waals surface area contributed by atoms with E-state index in [9.17, 15) is 0 Å². The largest absolute Gasteiger partial charge is 0.297 e. The molecule has 1 fully saturated rings. The molecule has 0 aromatic rings. The summed E-state index contributed by atoms with van der Waals surface area (Å²) >= 11 is 4.26. The van der Waals surface area contributed by atoms with E-state index in [0.717, 1.165) is 0 Å². The van der Waals surface area contributed by atoms with Gasteiger partial charge in [-0.1, -0.05) is 12.8 Å². The van der Waals surface area contributed by atoms with Crippen LogP contribution in [0.5, 0.6) is 0 Å². The van der Waals surface area contributed by atoms with Crippen LogP contribution in [0.2, 0.25) is 0 Å². The maximum atomic E-state index is 5.35. The summed E-state index contributed by atoms with van der Waals surface area (Å²) in [6.07, 6.45) is 0. The molecular formula is C7H17N3O2S. The van der Waals surface area contributed by atoms with Gasteiger partial charge in [0.25, 0.3) is 0 Å². The van der Waals surface area contributed by atoms with Gasteiger partial charge >= 0.3 is 0 Å². The molecule has 1 heterocycles. The summed E-state index contributed by atoms with van der Waals surface area (Å²) in [5, 5.41) is 3.62. The van der Waals surface area contributed by atoms with Crippen molar-refractivity contribution < 1.29 is 9.68 Å². The average Bonchev–Trinajstić information content (AvgIpc) is 2.04. The highest BCUT2D eigenvalue weighted by Crippen LogP contribution is 2.09. The van der Waals surface area contributed by atoms with Gasteiger partial charge in [-0.3, -0.25) is 9.68 Å². The van der Waals surface area contributed by atoms with Crippen molar-refractivity contribution in [3.63, 3.8) is 0 Å². The first-order chi connectivity index (χ1) is 6.26. The van der Waals surface area contributed by atoms with E-state index in [1.807, 2.05) is 28.3 Å². The Morgan fingerprint density at radius 3 is 1.85 bits per heavy atom. The van der Waals surface area contributed by atoms with E-state index < -0.39 is 0 Å². The van der Waals surface area contributed by atoms with Crippen LogP contribution in [0.15, 0.2) is 0 Å². The lowest BCUT2D eigenvalue weighted by Gasteiger charge is -2.37. The fourth-order valence-corrected chi connectivity index (χ4v) is 1.48. The molecule has 0 spiro atoms. The minimum atomic E-state index is 0.665. The van der Waals surface area contributed by atoms with Gasteiger partial charge in [-0.25, -0.2) is 4.31 Å². The van der Waals surface area contributed by atoms with Crippen molar-refractivity contribution in [3.05, 3.63) is 0 Å². The van der Waals surface area contributed by atoms with E-state index in [4.69, 9.17) is 9.68 Å². The number of thiol groups is 1. The third kappa shape index (κ3) is 3.80. The fourth-order valence-electron chi connectivity index (χ4n) is 1.20. The lowest BCUT2D eigenvalue weighted by Crippen LogP contribution is -2.51. The van der Waals surface area contributed by atoms with E-state index in [1.54, 1.807) is 0 Å². The predicted octanol–water partition coefficient (Wildman–Crippen LogP) is 0.526. The zero-order valence-electron chi connectivity index (χ0n) is 8.14. The molecule has 0 saturated carbocycles. The van der Waals surface area contributed by atoms with Crippen LogP contribution in [-0.2, 0) is 9.68 Å². The van der Waals surface area contributed by atoms with Gasteiger partial charge in [0.05, 0.1) is 26.6 Å². The molecule has 0 radical (unpaired) electrons. The monoisotopic (exact) mass is 207 g/mol. The van der Waals surface area contributed by atoms with Crippen LogP contribution in [-0.4, -0.2) is 47.7 Å². The number of hydroxylamine groups is 4. The molecule has 6 heteroatoms. The summed E-state index contributed by atoms with van der Waals surface area (Å²) in [6, 6.07) is 0. The number of hydrogen-bond acceptors (Lipinski definition) is 6. The molecule has 0 N–H and O–H groups in total. The Morgan fingerprint density at radius 2 is 1.46 bits per heavy atom. The van der Waals surface area contributed by atoms with Crippen LogP contribution in [0, 0.1) is 0 Å². The van der Waals surface area contributed by atoms with Gasteiger partial charge in [0.1, 0.15) is 6.67 Å². The van der Waals surface area contributed by atoms with Crippen molar-refractivity contribution in [1.29, 1.82) is 0 Å². The summed E-state index contributed by atoms with van der Waals surface area (Å²) < 4.78 is 1.83. The summed E-state index contributed by atoms with van der Waals surface area (Å²) in [4.78, 5) is 10.7. The highest BCUT2D eigenvalue weighted by atomic mass is 32.1. The highest BCUT2D eigenvalue weighted by molar-refractivity contribution is 7.77. The lowest BCUT2D eigenvalue weighted by atomic mass is 10.7. The summed E-state index contributed by atoms with van der Waals surface area (Å²) in [5.74, 6) is 0. The van der Waals surface area contributed by atoms with E-state index in [1.165, 1.54) is 0 Å². The first kappa shape index (κ1) is 11.2. The van der Waals surface area contributed by atoms with Gasteiger partial charge in [0.15, 0.2) is 0 Å². The lowest BCUT2D eigenvalue weighted by molar-refractivity contribution is -0.294. The van der Waals surface area contributed by atoms with Gasteiger partial charge in [-0.05, 0) is 13.8 Å². The van der Waals surface area contributed by atoms with E-state index in [2.05, 4.69) is 12.8 Å². The zero-order valence-corrected chi connectivity index (χ0v) is 9.04. The van der Waals surface area contributed by atoms with Crippen molar-refractivity contribution in [2.75, 3.05) is 33.2 Å². The highest BCUT2D eigenvalue weighted by Gasteiger charge is 2.22. The Hall–Kier alpha value is 0.150. The zero-order chi connectivity index (χ0) is 9.68. The van der Waals surface area contributed by atoms with Gasteiger partial charge in [0.2, 0.25) is 0 Å². The molecule has 0 atom stereocenters. The smallest absolute Gasteiger partial charge is 0.103 e. The Bertz CT molecular complexity index is 136. The van der Waals surface area contributed by atoms with Gasteiger partial charge in [-0.15, -0.1) is 0 Å². The van der Waals surface area contributed by atoms with Gasteiger partial charge in [-0.2, -0.15) is 10.1 Å². The molecule has 5 nitrogen and oxygen atoms in total. The molecule has 0 unspecified atom stereocenters. The molecule has 0 aromatic carbocycles. The fraction of sp³-hybridized carbons (Fsp3) is 1.00. The van der Waals surface area contributed by atoms with Crippen LogP contribution in [0.25, 0.3) is 0 Å². The minimum absolute atomic E-state index is 0.665. The molecule has 1 rings (SSSR count). The van der Waals surface area contributed by atoms with Crippen LogP contribution >= 0.6 is 12.8 Å². The maximum Gasteiger partial charge on any atom is 0.103 e. The quantitative estimate of drug-likeness (QED) is 0.679. The van der Waals surface area contributed by atoms with Crippen LogP contribution in [0.1, 0.15) is 13.8 Å². The Labute approximate surface area is 84.6 Å². The van der Waals surface area contributed by atoms with Crippen molar-refractivity contribution in [1.82, 2.24) is 14.4 Å². The van der Waals surface area contributed by atoms with Crippen molar-refractivity contribution in [2.24, 2.45) is 0 Å². The standard InChI is InChI=1S/C7H17N3O2S/c1-3-11-8-5-9(12-4-2)7-10(13)6-8/h13H,3-7H2,1-2H3. The average molecular weight is 207 g/mol. The van der Waals surface area contributed by atoms with Crippen molar-refractivity contribution in [3.8, 4) is 0 Å². The Morgan fingerprint density at radius 1 is 1.00 bits per heavy atom. The summed E-state index contributed by atoms with van der Waals surface area (Å²) in [6.45, 7) is 7.31. The van der Waals surface area contributed by atoms with Gasteiger partial charge in [0, 0.05) is 0 Å². The topological polar surface area (TPSA) is 28.2 Å². The van der Waals surface area contributed by atoms with E-state index in [0.29, 0.717) is 33.2 Å². The predicted molar refractivity (Wildman–Crippen MR) is 52.4 cm³/mol.